The summed E-state index contributed by atoms with van der Waals surface area (Å²) in [6, 6.07) is 6.71. The Bertz CT molecular complexity index is 423. The molecule has 0 radical (unpaired) electrons. The second-order valence-corrected chi connectivity index (χ2v) is 4.48. The molecule has 0 aliphatic rings. The Hall–Kier alpha value is -1.91. The van der Waals surface area contributed by atoms with Crippen LogP contribution in [0.5, 0.6) is 5.75 Å². The minimum atomic E-state index is -0.997. The van der Waals surface area contributed by atoms with E-state index in [1.807, 2.05) is 0 Å². The first-order chi connectivity index (χ1) is 7.81. The SMILES string of the molecule is CC(=O)Oc1ccc(CC(C)(C)[N+](=O)[O-])cc1. The van der Waals surface area contributed by atoms with E-state index in [-0.39, 0.29) is 10.9 Å². The maximum Gasteiger partial charge on any atom is 0.308 e. The molecule has 0 spiro atoms. The molecule has 1 aromatic carbocycles. The van der Waals surface area contributed by atoms with Gasteiger partial charge in [-0.05, 0) is 17.7 Å². The van der Waals surface area contributed by atoms with E-state index in [1.54, 1.807) is 38.1 Å². The van der Waals surface area contributed by atoms with Gasteiger partial charge in [-0.2, -0.15) is 0 Å². The standard InChI is InChI=1S/C12H15NO4/c1-9(14)17-11-6-4-10(5-7-11)8-12(2,3)13(15)16/h4-7H,8H2,1-3H3. The van der Waals surface area contributed by atoms with Gasteiger partial charge < -0.3 is 4.74 Å². The molecule has 92 valence electrons. The van der Waals surface area contributed by atoms with E-state index in [0.717, 1.165) is 5.56 Å². The summed E-state index contributed by atoms with van der Waals surface area (Å²) >= 11 is 0. The lowest BCUT2D eigenvalue weighted by atomic mass is 9.96. The van der Waals surface area contributed by atoms with Crippen LogP contribution in [0.2, 0.25) is 0 Å². The molecule has 0 aliphatic heterocycles. The zero-order chi connectivity index (χ0) is 13.1. The fraction of sp³-hybridized carbons (Fsp3) is 0.417. The molecule has 1 aromatic rings. The Labute approximate surface area is 99.5 Å². The number of rotatable bonds is 4. The number of carbonyl (C=O) groups excluding carboxylic acids is 1. The van der Waals surface area contributed by atoms with Gasteiger partial charge in [-0.15, -0.1) is 0 Å². The molecule has 0 amide bonds. The molecule has 0 fully saturated rings. The summed E-state index contributed by atoms with van der Waals surface area (Å²) < 4.78 is 4.87. The minimum absolute atomic E-state index is 0.299. The minimum Gasteiger partial charge on any atom is -0.427 e. The predicted octanol–water partition coefficient (Wildman–Crippen LogP) is 2.21. The van der Waals surface area contributed by atoms with Crippen LogP contribution < -0.4 is 4.74 Å². The lowest BCUT2D eigenvalue weighted by molar-refractivity contribution is -0.560. The van der Waals surface area contributed by atoms with Crippen LogP contribution in [0.3, 0.4) is 0 Å². The maximum absolute atomic E-state index is 10.8. The van der Waals surface area contributed by atoms with Gasteiger partial charge in [0.2, 0.25) is 5.54 Å². The highest BCUT2D eigenvalue weighted by Crippen LogP contribution is 2.19. The molecule has 0 atom stereocenters. The third kappa shape index (κ3) is 3.86. The van der Waals surface area contributed by atoms with Crippen molar-refractivity contribution in [1.29, 1.82) is 0 Å². The van der Waals surface area contributed by atoms with Gasteiger partial charge in [-0.25, -0.2) is 0 Å². The molecule has 0 saturated carbocycles. The summed E-state index contributed by atoms with van der Waals surface area (Å²) in [4.78, 5) is 21.2. The monoisotopic (exact) mass is 237 g/mol. The second-order valence-electron chi connectivity index (χ2n) is 4.48. The maximum atomic E-state index is 10.8. The molecule has 17 heavy (non-hydrogen) atoms. The molecule has 0 heterocycles. The number of hydrogen-bond acceptors (Lipinski definition) is 4. The van der Waals surface area contributed by atoms with Gasteiger partial charge in [0, 0.05) is 32.1 Å². The summed E-state index contributed by atoms with van der Waals surface area (Å²) in [5, 5.41) is 10.8. The first-order valence-corrected chi connectivity index (χ1v) is 5.23. The predicted molar refractivity (Wildman–Crippen MR) is 62.5 cm³/mol. The van der Waals surface area contributed by atoms with Crippen LogP contribution in [0.15, 0.2) is 24.3 Å². The summed E-state index contributed by atoms with van der Waals surface area (Å²) in [6.45, 7) is 4.48. The van der Waals surface area contributed by atoms with Gasteiger partial charge in [-0.1, -0.05) is 12.1 Å². The van der Waals surface area contributed by atoms with Gasteiger partial charge in [0.05, 0.1) is 0 Å². The Morgan fingerprint density at radius 2 is 1.88 bits per heavy atom. The van der Waals surface area contributed by atoms with E-state index < -0.39 is 5.54 Å². The molecule has 1 rings (SSSR count). The lowest BCUT2D eigenvalue weighted by Gasteiger charge is -2.15. The van der Waals surface area contributed by atoms with Crippen LogP contribution in [0.25, 0.3) is 0 Å². The molecular weight excluding hydrogens is 222 g/mol. The van der Waals surface area contributed by atoms with Crippen LogP contribution in [0.1, 0.15) is 26.3 Å². The van der Waals surface area contributed by atoms with Crippen LogP contribution in [0.4, 0.5) is 0 Å². The molecule has 5 heteroatoms. The largest absolute Gasteiger partial charge is 0.427 e. The Kier molecular flexibility index (Phi) is 3.83. The van der Waals surface area contributed by atoms with E-state index in [4.69, 9.17) is 4.74 Å². The van der Waals surface area contributed by atoms with Crippen LogP contribution in [-0.4, -0.2) is 16.4 Å². The van der Waals surface area contributed by atoms with Crippen molar-refractivity contribution in [2.75, 3.05) is 0 Å². The number of hydrogen-bond donors (Lipinski definition) is 0. The highest BCUT2D eigenvalue weighted by molar-refractivity contribution is 5.69. The van der Waals surface area contributed by atoms with E-state index >= 15 is 0 Å². The molecule has 5 nitrogen and oxygen atoms in total. The van der Waals surface area contributed by atoms with E-state index in [2.05, 4.69) is 0 Å². The number of nitro groups is 1. The third-order valence-corrected chi connectivity index (χ3v) is 2.32. The van der Waals surface area contributed by atoms with Crippen LogP contribution >= 0.6 is 0 Å². The topological polar surface area (TPSA) is 69.4 Å². The van der Waals surface area contributed by atoms with Crippen LogP contribution in [-0.2, 0) is 11.2 Å². The van der Waals surface area contributed by atoms with Gasteiger partial charge >= 0.3 is 5.97 Å². The van der Waals surface area contributed by atoms with Crippen molar-refractivity contribution in [2.45, 2.75) is 32.7 Å². The fourth-order valence-corrected chi connectivity index (χ4v) is 1.41. The lowest BCUT2D eigenvalue weighted by Crippen LogP contribution is -2.33. The number of nitrogens with zero attached hydrogens (tertiary/aromatic N) is 1. The van der Waals surface area contributed by atoms with Crippen molar-refractivity contribution in [1.82, 2.24) is 0 Å². The van der Waals surface area contributed by atoms with Gasteiger partial charge in [0.1, 0.15) is 5.75 Å². The van der Waals surface area contributed by atoms with E-state index in [9.17, 15) is 14.9 Å². The average molecular weight is 237 g/mol. The molecule has 0 N–H and O–H groups in total. The van der Waals surface area contributed by atoms with Crippen LogP contribution in [0, 0.1) is 10.1 Å². The van der Waals surface area contributed by atoms with Gasteiger partial charge in [-0.3, -0.25) is 14.9 Å². The molecule has 0 saturated heterocycles. The highest BCUT2D eigenvalue weighted by Gasteiger charge is 2.30. The zero-order valence-corrected chi connectivity index (χ0v) is 10.1. The highest BCUT2D eigenvalue weighted by atomic mass is 16.6. The first-order valence-electron chi connectivity index (χ1n) is 5.23. The Morgan fingerprint density at radius 3 is 2.29 bits per heavy atom. The van der Waals surface area contributed by atoms with Crippen molar-refractivity contribution in [2.24, 2.45) is 0 Å². The quantitative estimate of drug-likeness (QED) is 0.348. The summed E-state index contributed by atoms with van der Waals surface area (Å²) in [5.41, 5.74) is -0.161. The first kappa shape index (κ1) is 13.2. The number of esters is 1. The summed E-state index contributed by atoms with van der Waals surface area (Å²) in [5.74, 6) is 0.0588. The number of ether oxygens (including phenoxy) is 1. The number of carbonyl (C=O) groups is 1. The summed E-state index contributed by atoms with van der Waals surface area (Å²) in [7, 11) is 0. The normalized spacial score (nSPS) is 11.0. The van der Waals surface area contributed by atoms with Gasteiger partial charge in [0.25, 0.3) is 0 Å². The molecule has 0 aliphatic carbocycles. The smallest absolute Gasteiger partial charge is 0.308 e. The molecule has 0 unspecified atom stereocenters. The number of benzene rings is 1. The van der Waals surface area contributed by atoms with E-state index in [1.165, 1.54) is 6.92 Å². The van der Waals surface area contributed by atoms with Crippen molar-refractivity contribution in [3.05, 3.63) is 39.9 Å². The zero-order valence-electron chi connectivity index (χ0n) is 10.1. The van der Waals surface area contributed by atoms with Crippen molar-refractivity contribution in [3.8, 4) is 5.75 Å². The second kappa shape index (κ2) is 4.95. The van der Waals surface area contributed by atoms with Crippen molar-refractivity contribution in [3.63, 3.8) is 0 Å². The summed E-state index contributed by atoms with van der Waals surface area (Å²) in [6.07, 6.45) is 0.334. The van der Waals surface area contributed by atoms with Crippen molar-refractivity contribution >= 4 is 5.97 Å². The Morgan fingerprint density at radius 1 is 1.35 bits per heavy atom. The fourth-order valence-electron chi connectivity index (χ4n) is 1.41. The molecule has 0 aromatic heterocycles. The van der Waals surface area contributed by atoms with E-state index in [0.29, 0.717) is 12.2 Å². The third-order valence-electron chi connectivity index (χ3n) is 2.32. The Balaban J connectivity index is 2.75. The molecular formula is C12H15NO4. The average Bonchev–Trinajstić information content (AvgIpc) is 2.19. The molecule has 0 bridgehead atoms. The van der Waals surface area contributed by atoms with Crippen molar-refractivity contribution < 1.29 is 14.5 Å². The van der Waals surface area contributed by atoms with Gasteiger partial charge in [0.15, 0.2) is 0 Å².